The standard InChI is InChI=1S/C26H32N2O6/c1-5-13-28-16-18-9-8-10-19(24(18)26(28)31)25(30)27-20(15-23(29)34-7-3)17-11-12-21(33-6-2)22(14-17)32-4/h8-12,14,20H,5-7,13,15-16H2,1-4H3,(H,27,30)/t20-/m1/s1. The molecule has 34 heavy (non-hydrogen) atoms. The summed E-state index contributed by atoms with van der Waals surface area (Å²) in [6.07, 6.45) is 0.768. The van der Waals surface area contributed by atoms with Crippen LogP contribution in [0.4, 0.5) is 0 Å². The van der Waals surface area contributed by atoms with Crippen molar-refractivity contribution < 1.29 is 28.6 Å². The number of carbonyl (C=O) groups is 3. The second-order valence-electron chi connectivity index (χ2n) is 7.94. The average molecular weight is 469 g/mol. The van der Waals surface area contributed by atoms with E-state index in [1.54, 1.807) is 42.2 Å². The molecular weight excluding hydrogens is 436 g/mol. The fourth-order valence-electron chi connectivity index (χ4n) is 4.11. The van der Waals surface area contributed by atoms with E-state index in [9.17, 15) is 14.4 Å². The quantitative estimate of drug-likeness (QED) is 0.503. The van der Waals surface area contributed by atoms with Crippen LogP contribution in [0, 0.1) is 0 Å². The molecule has 3 rings (SSSR count). The molecule has 0 unspecified atom stereocenters. The Kier molecular flexibility index (Phi) is 8.51. The van der Waals surface area contributed by atoms with Crippen molar-refractivity contribution in [2.45, 2.75) is 46.2 Å². The normalized spacial score (nSPS) is 13.3. The summed E-state index contributed by atoms with van der Waals surface area (Å²) in [7, 11) is 1.53. The second-order valence-corrected chi connectivity index (χ2v) is 7.94. The molecule has 0 bridgehead atoms. The third-order valence-corrected chi connectivity index (χ3v) is 5.62. The van der Waals surface area contributed by atoms with Crippen LogP contribution in [-0.4, -0.2) is 49.6 Å². The fraction of sp³-hybridized carbons (Fsp3) is 0.423. The highest BCUT2D eigenvalue weighted by atomic mass is 16.5. The molecule has 1 aliphatic heterocycles. The van der Waals surface area contributed by atoms with E-state index in [4.69, 9.17) is 14.2 Å². The predicted molar refractivity (Wildman–Crippen MR) is 127 cm³/mol. The molecule has 1 aliphatic rings. The van der Waals surface area contributed by atoms with Crippen LogP contribution >= 0.6 is 0 Å². The van der Waals surface area contributed by atoms with Crippen LogP contribution in [0.5, 0.6) is 11.5 Å². The number of amides is 2. The summed E-state index contributed by atoms with van der Waals surface area (Å²) in [5.74, 6) is 0.0491. The molecule has 2 aromatic rings. The minimum absolute atomic E-state index is 0.0678. The van der Waals surface area contributed by atoms with Crippen LogP contribution in [-0.2, 0) is 16.1 Å². The summed E-state index contributed by atoms with van der Waals surface area (Å²) in [4.78, 5) is 40.4. The first-order chi connectivity index (χ1) is 16.4. The monoisotopic (exact) mass is 468 g/mol. The van der Waals surface area contributed by atoms with Gasteiger partial charge in [0, 0.05) is 13.1 Å². The maximum Gasteiger partial charge on any atom is 0.308 e. The number of rotatable bonds is 11. The third kappa shape index (κ3) is 5.50. The van der Waals surface area contributed by atoms with Gasteiger partial charge in [-0.25, -0.2) is 0 Å². The highest BCUT2D eigenvalue weighted by Crippen LogP contribution is 2.32. The largest absolute Gasteiger partial charge is 0.493 e. The fourth-order valence-corrected chi connectivity index (χ4v) is 4.11. The molecule has 0 radical (unpaired) electrons. The molecule has 0 spiro atoms. The van der Waals surface area contributed by atoms with Crippen molar-refractivity contribution in [2.75, 3.05) is 26.9 Å². The Morgan fingerprint density at radius 2 is 1.88 bits per heavy atom. The predicted octanol–water partition coefficient (Wildman–Crippen LogP) is 3.88. The van der Waals surface area contributed by atoms with Gasteiger partial charge >= 0.3 is 5.97 Å². The maximum atomic E-state index is 13.4. The summed E-state index contributed by atoms with van der Waals surface area (Å²) in [5, 5.41) is 2.93. The number of ether oxygens (including phenoxy) is 3. The van der Waals surface area contributed by atoms with Crippen molar-refractivity contribution in [1.82, 2.24) is 10.2 Å². The van der Waals surface area contributed by atoms with Crippen LogP contribution in [0.15, 0.2) is 36.4 Å². The van der Waals surface area contributed by atoms with Crippen LogP contribution in [0.2, 0.25) is 0 Å². The Hall–Kier alpha value is -3.55. The molecule has 0 fully saturated rings. The molecule has 1 N–H and O–H groups in total. The highest BCUT2D eigenvalue weighted by Gasteiger charge is 2.32. The maximum absolute atomic E-state index is 13.4. The molecule has 0 aliphatic carbocycles. The Labute approximate surface area is 200 Å². The van der Waals surface area contributed by atoms with Crippen molar-refractivity contribution in [2.24, 2.45) is 0 Å². The van der Waals surface area contributed by atoms with Crippen LogP contribution in [0.1, 0.15) is 71.5 Å². The molecular formula is C26H32N2O6. The van der Waals surface area contributed by atoms with Crippen LogP contribution in [0.25, 0.3) is 0 Å². The van der Waals surface area contributed by atoms with Crippen molar-refractivity contribution in [3.8, 4) is 11.5 Å². The van der Waals surface area contributed by atoms with Crippen molar-refractivity contribution in [3.63, 3.8) is 0 Å². The lowest BCUT2D eigenvalue weighted by Crippen LogP contribution is -2.32. The van der Waals surface area contributed by atoms with Gasteiger partial charge in [0.05, 0.1) is 43.9 Å². The summed E-state index contributed by atoms with van der Waals surface area (Å²) in [5.41, 5.74) is 2.21. The molecule has 0 saturated heterocycles. The number of fused-ring (bicyclic) bond motifs is 1. The van der Waals surface area contributed by atoms with Gasteiger partial charge < -0.3 is 24.4 Å². The first-order valence-electron chi connectivity index (χ1n) is 11.6. The molecule has 0 saturated carbocycles. The lowest BCUT2D eigenvalue weighted by molar-refractivity contribution is -0.143. The molecule has 2 aromatic carbocycles. The summed E-state index contributed by atoms with van der Waals surface area (Å²) in [6.45, 7) is 7.44. The van der Waals surface area contributed by atoms with Gasteiger partial charge in [0.2, 0.25) is 0 Å². The topological polar surface area (TPSA) is 94.2 Å². The van der Waals surface area contributed by atoms with Gasteiger partial charge in [0.15, 0.2) is 11.5 Å². The lowest BCUT2D eigenvalue weighted by Gasteiger charge is -2.21. The number of nitrogens with one attached hydrogen (secondary N) is 1. The van der Waals surface area contributed by atoms with Crippen LogP contribution in [0.3, 0.4) is 0 Å². The summed E-state index contributed by atoms with van der Waals surface area (Å²) >= 11 is 0. The number of hydrogen-bond acceptors (Lipinski definition) is 6. The molecule has 8 heteroatoms. The molecule has 0 aromatic heterocycles. The van der Waals surface area contributed by atoms with E-state index >= 15 is 0 Å². The summed E-state index contributed by atoms with van der Waals surface area (Å²) in [6, 6.07) is 9.86. The Balaban J connectivity index is 1.92. The molecule has 1 atom stereocenters. The van der Waals surface area contributed by atoms with E-state index in [0.717, 1.165) is 12.0 Å². The lowest BCUT2D eigenvalue weighted by atomic mass is 9.99. The Morgan fingerprint density at radius 1 is 1.09 bits per heavy atom. The van der Waals surface area contributed by atoms with Crippen molar-refractivity contribution >= 4 is 17.8 Å². The Bertz CT molecular complexity index is 1050. The van der Waals surface area contributed by atoms with Gasteiger partial charge in [0.1, 0.15) is 0 Å². The number of carbonyl (C=O) groups excluding carboxylic acids is 3. The van der Waals surface area contributed by atoms with Crippen molar-refractivity contribution in [1.29, 1.82) is 0 Å². The zero-order valence-corrected chi connectivity index (χ0v) is 20.2. The molecule has 1 heterocycles. The number of benzene rings is 2. The number of nitrogens with zero attached hydrogens (tertiary/aromatic N) is 1. The van der Waals surface area contributed by atoms with Gasteiger partial charge in [-0.2, -0.15) is 0 Å². The van der Waals surface area contributed by atoms with Gasteiger partial charge in [-0.15, -0.1) is 0 Å². The van der Waals surface area contributed by atoms with E-state index < -0.39 is 17.9 Å². The minimum atomic E-state index is -0.685. The van der Waals surface area contributed by atoms with E-state index in [1.165, 1.54) is 7.11 Å². The number of methoxy groups -OCH3 is 1. The minimum Gasteiger partial charge on any atom is -0.493 e. The zero-order valence-electron chi connectivity index (χ0n) is 20.2. The van der Waals surface area contributed by atoms with Gasteiger partial charge in [-0.05, 0) is 49.6 Å². The summed E-state index contributed by atoms with van der Waals surface area (Å²) < 4.78 is 16.1. The SMILES string of the molecule is CCCN1Cc2cccc(C(=O)N[C@H](CC(=O)OCC)c3ccc(OCC)c(OC)c3)c2C1=O. The van der Waals surface area contributed by atoms with E-state index in [2.05, 4.69) is 5.32 Å². The molecule has 182 valence electrons. The highest BCUT2D eigenvalue weighted by molar-refractivity contribution is 6.09. The average Bonchev–Trinajstić information content (AvgIpc) is 3.15. The van der Waals surface area contributed by atoms with Gasteiger partial charge in [-0.1, -0.05) is 25.1 Å². The van der Waals surface area contributed by atoms with E-state index in [0.29, 0.717) is 47.9 Å². The second kappa shape index (κ2) is 11.5. The first kappa shape index (κ1) is 25.1. The zero-order chi connectivity index (χ0) is 24.7. The van der Waals surface area contributed by atoms with Gasteiger partial charge in [-0.3, -0.25) is 14.4 Å². The number of esters is 1. The van der Waals surface area contributed by atoms with Gasteiger partial charge in [0.25, 0.3) is 11.8 Å². The number of hydrogen-bond donors (Lipinski definition) is 1. The third-order valence-electron chi connectivity index (χ3n) is 5.62. The van der Waals surface area contributed by atoms with Crippen molar-refractivity contribution in [3.05, 3.63) is 58.7 Å². The van der Waals surface area contributed by atoms with E-state index in [1.807, 2.05) is 19.9 Å². The first-order valence-corrected chi connectivity index (χ1v) is 11.6. The molecule has 8 nitrogen and oxygen atoms in total. The molecule has 2 amide bonds. The smallest absolute Gasteiger partial charge is 0.308 e. The van der Waals surface area contributed by atoms with Crippen LogP contribution < -0.4 is 14.8 Å². The van der Waals surface area contributed by atoms with E-state index in [-0.39, 0.29) is 18.9 Å². The Morgan fingerprint density at radius 3 is 2.56 bits per heavy atom.